The van der Waals surface area contributed by atoms with Crippen molar-refractivity contribution in [3.05, 3.63) is 0 Å². The molecule has 3 N–H and O–H groups in total. The quantitative estimate of drug-likeness (QED) is 0.528. The molecule has 0 unspecified atom stereocenters. The number of carbonyl (C=O) groups is 2. The topological polar surface area (TPSA) is 94.8 Å². The van der Waals surface area contributed by atoms with E-state index in [9.17, 15) is 24.9 Å². The van der Waals surface area contributed by atoms with Crippen molar-refractivity contribution in [1.29, 1.82) is 0 Å². The summed E-state index contributed by atoms with van der Waals surface area (Å²) in [6.07, 6.45) is 3.92. The lowest BCUT2D eigenvalue weighted by Gasteiger charge is -2.61. The molecule has 0 aromatic carbocycles. The van der Waals surface area contributed by atoms with Crippen molar-refractivity contribution in [2.45, 2.75) is 111 Å². The first-order valence-corrected chi connectivity index (χ1v) is 14.0. The van der Waals surface area contributed by atoms with E-state index in [2.05, 4.69) is 34.6 Å². The smallest absolute Gasteiger partial charge is 0.164 e. The van der Waals surface area contributed by atoms with E-state index in [-0.39, 0.29) is 52.0 Å². The Morgan fingerprint density at radius 1 is 1.03 bits per heavy atom. The predicted octanol–water partition coefficient (Wildman–Crippen LogP) is 4.40. The Kier molecular flexibility index (Phi) is 7.16. The van der Waals surface area contributed by atoms with Crippen LogP contribution < -0.4 is 0 Å². The molecular weight excluding hydrogens is 428 g/mol. The maximum Gasteiger partial charge on any atom is 0.164 e. The molecule has 4 fully saturated rings. The largest absolute Gasteiger partial charge is 0.390 e. The van der Waals surface area contributed by atoms with Crippen LogP contribution in [0.1, 0.15) is 92.9 Å². The van der Waals surface area contributed by atoms with Gasteiger partial charge in [0.1, 0.15) is 11.9 Å². The lowest BCUT2D eigenvalue weighted by molar-refractivity contribution is -0.174. The molecule has 194 valence electrons. The molecule has 0 aromatic heterocycles. The van der Waals surface area contributed by atoms with E-state index >= 15 is 0 Å². The van der Waals surface area contributed by atoms with Gasteiger partial charge in [-0.05, 0) is 91.3 Å². The third-order valence-electron chi connectivity index (χ3n) is 11.6. The second-order valence-corrected chi connectivity index (χ2v) is 13.4. The van der Waals surface area contributed by atoms with Gasteiger partial charge in [0.05, 0.1) is 12.2 Å². The van der Waals surface area contributed by atoms with Gasteiger partial charge in [-0.25, -0.2) is 0 Å². The Morgan fingerprint density at radius 2 is 1.68 bits per heavy atom. The second kappa shape index (κ2) is 9.27. The van der Waals surface area contributed by atoms with Crippen LogP contribution in [-0.2, 0) is 9.59 Å². The molecule has 0 radical (unpaired) electrons. The van der Waals surface area contributed by atoms with Gasteiger partial charge in [-0.3, -0.25) is 9.59 Å². The standard InChI is InChI=1S/C29H48O5/c1-7-17(15(2)3)27(34)26(33)16(4)19-8-9-20-18-12-23(30)22-13-24(31)25(32)14-29(22,6)21(18)10-11-28(19,20)5/h15-22,24-26,31-33H,7-14H2,1-6H3/t16-,17-,18-,19+,20-,21-,22+,24-,25+,26+,28+,29+/m0/s1. The summed E-state index contributed by atoms with van der Waals surface area (Å²) in [6, 6.07) is 0. The summed E-state index contributed by atoms with van der Waals surface area (Å²) in [5.74, 6) is 1.57. The van der Waals surface area contributed by atoms with Crippen molar-refractivity contribution in [2.75, 3.05) is 0 Å². The van der Waals surface area contributed by atoms with Gasteiger partial charge in [-0.2, -0.15) is 0 Å². The van der Waals surface area contributed by atoms with Crippen LogP contribution in [0.5, 0.6) is 0 Å². The zero-order valence-electron chi connectivity index (χ0n) is 22.2. The summed E-state index contributed by atoms with van der Waals surface area (Å²) in [5.41, 5.74) is -0.220. The van der Waals surface area contributed by atoms with Gasteiger partial charge in [-0.15, -0.1) is 0 Å². The Morgan fingerprint density at radius 3 is 2.29 bits per heavy atom. The minimum Gasteiger partial charge on any atom is -0.390 e. The van der Waals surface area contributed by atoms with Gasteiger partial charge in [0.2, 0.25) is 0 Å². The van der Waals surface area contributed by atoms with E-state index < -0.39 is 18.3 Å². The van der Waals surface area contributed by atoms with Crippen molar-refractivity contribution in [2.24, 2.45) is 58.2 Å². The number of aliphatic hydroxyl groups is 3. The highest BCUT2D eigenvalue weighted by molar-refractivity contribution is 5.85. The average Bonchev–Trinajstić information content (AvgIpc) is 3.12. The maximum atomic E-state index is 13.3. The van der Waals surface area contributed by atoms with E-state index in [0.717, 1.165) is 32.1 Å². The number of aliphatic hydroxyl groups excluding tert-OH is 3. The first-order chi connectivity index (χ1) is 15.9. The van der Waals surface area contributed by atoms with Crippen molar-refractivity contribution < 1.29 is 24.9 Å². The molecule has 0 bridgehead atoms. The number of hydrogen-bond donors (Lipinski definition) is 3. The normalized spacial score (nSPS) is 46.9. The summed E-state index contributed by atoms with van der Waals surface area (Å²) >= 11 is 0. The van der Waals surface area contributed by atoms with Gasteiger partial charge in [0.15, 0.2) is 5.78 Å². The van der Waals surface area contributed by atoms with Crippen LogP contribution in [0.2, 0.25) is 0 Å². The Labute approximate surface area is 206 Å². The minimum atomic E-state index is -0.921. The molecule has 0 heterocycles. The summed E-state index contributed by atoms with van der Waals surface area (Å²) in [6.45, 7) is 12.8. The van der Waals surface area contributed by atoms with Crippen LogP contribution in [0.4, 0.5) is 0 Å². The van der Waals surface area contributed by atoms with Gasteiger partial charge in [0.25, 0.3) is 0 Å². The van der Waals surface area contributed by atoms with E-state index in [1.165, 1.54) is 0 Å². The van der Waals surface area contributed by atoms with Crippen LogP contribution in [0.25, 0.3) is 0 Å². The molecule has 34 heavy (non-hydrogen) atoms. The second-order valence-electron chi connectivity index (χ2n) is 13.4. The zero-order valence-corrected chi connectivity index (χ0v) is 22.2. The molecule has 4 saturated carbocycles. The molecule has 0 amide bonds. The summed E-state index contributed by atoms with van der Waals surface area (Å²) < 4.78 is 0. The predicted molar refractivity (Wildman–Crippen MR) is 132 cm³/mol. The fraction of sp³-hybridized carbons (Fsp3) is 0.931. The van der Waals surface area contributed by atoms with Crippen molar-refractivity contribution >= 4 is 11.6 Å². The number of fused-ring (bicyclic) bond motifs is 5. The highest BCUT2D eigenvalue weighted by Gasteiger charge is 2.63. The number of hydrogen-bond acceptors (Lipinski definition) is 5. The summed E-state index contributed by atoms with van der Waals surface area (Å²) in [7, 11) is 0. The molecule has 4 rings (SSSR count). The zero-order chi connectivity index (χ0) is 25.2. The molecule has 0 aliphatic heterocycles. The molecule has 0 aromatic rings. The van der Waals surface area contributed by atoms with Gasteiger partial charge >= 0.3 is 0 Å². The highest BCUT2D eigenvalue weighted by atomic mass is 16.3. The SMILES string of the molecule is CC[C@H](C(=O)[C@H](O)[C@@H](C)[C@H]1CC[C@H]2[C@@H]3CC(=O)[C@H]4C[C@H](O)[C@H](O)C[C@]4(C)[C@H]3CC[C@]12C)C(C)C. The van der Waals surface area contributed by atoms with Crippen LogP contribution in [0.3, 0.4) is 0 Å². The third-order valence-corrected chi connectivity index (χ3v) is 11.6. The van der Waals surface area contributed by atoms with E-state index in [1.54, 1.807) is 0 Å². The van der Waals surface area contributed by atoms with Crippen LogP contribution in [0, 0.1) is 58.2 Å². The molecule has 4 aliphatic carbocycles. The third kappa shape index (κ3) is 3.93. The fourth-order valence-electron chi connectivity index (χ4n) is 9.68. The Bertz CT molecular complexity index is 793. The number of rotatable bonds is 6. The maximum absolute atomic E-state index is 13.3. The van der Waals surface area contributed by atoms with Crippen molar-refractivity contribution in [3.8, 4) is 0 Å². The molecule has 5 heteroatoms. The first-order valence-electron chi connectivity index (χ1n) is 14.0. The summed E-state index contributed by atoms with van der Waals surface area (Å²) in [4.78, 5) is 26.5. The van der Waals surface area contributed by atoms with E-state index in [4.69, 9.17) is 0 Å². The molecule has 0 spiro atoms. The van der Waals surface area contributed by atoms with Crippen LogP contribution in [0.15, 0.2) is 0 Å². The van der Waals surface area contributed by atoms with Gasteiger partial charge in [-0.1, -0.05) is 41.5 Å². The Balaban J connectivity index is 1.56. The van der Waals surface area contributed by atoms with E-state index in [0.29, 0.717) is 37.0 Å². The molecular formula is C29H48O5. The van der Waals surface area contributed by atoms with Crippen molar-refractivity contribution in [3.63, 3.8) is 0 Å². The number of Topliss-reactive ketones (excluding diaryl/α,β-unsaturated/α-hetero) is 2. The molecule has 4 aliphatic rings. The lowest BCUT2D eigenvalue weighted by atomic mass is 9.44. The van der Waals surface area contributed by atoms with Gasteiger partial charge < -0.3 is 15.3 Å². The highest BCUT2D eigenvalue weighted by Crippen LogP contribution is 2.67. The lowest BCUT2D eigenvalue weighted by Crippen LogP contribution is -2.59. The van der Waals surface area contributed by atoms with E-state index in [1.807, 2.05) is 6.92 Å². The Hall–Kier alpha value is -0.780. The fourth-order valence-corrected chi connectivity index (χ4v) is 9.68. The minimum absolute atomic E-state index is 0.00341. The average molecular weight is 477 g/mol. The monoisotopic (exact) mass is 476 g/mol. The summed E-state index contributed by atoms with van der Waals surface area (Å²) in [5, 5.41) is 31.9. The van der Waals surface area contributed by atoms with Gasteiger partial charge in [0, 0.05) is 18.3 Å². The first kappa shape index (κ1) is 26.3. The number of ketones is 2. The van der Waals surface area contributed by atoms with Crippen LogP contribution >= 0.6 is 0 Å². The van der Waals surface area contributed by atoms with Crippen molar-refractivity contribution in [1.82, 2.24) is 0 Å². The number of carbonyl (C=O) groups excluding carboxylic acids is 2. The van der Waals surface area contributed by atoms with Crippen LogP contribution in [-0.4, -0.2) is 45.2 Å². The molecule has 5 nitrogen and oxygen atoms in total. The molecule has 12 atom stereocenters. The molecule has 0 saturated heterocycles.